The molecule has 1 N–H and O–H groups in total. The van der Waals surface area contributed by atoms with Gasteiger partial charge in [0.15, 0.2) is 12.4 Å². The zero-order chi connectivity index (χ0) is 16.0. The first-order valence-electron chi connectivity index (χ1n) is 7.11. The molecule has 0 aliphatic carbocycles. The number of amides is 1. The number of aryl methyl sites for hydroxylation is 1. The number of benzene rings is 1. The number of nitrogens with one attached hydrogen (secondary N) is 1. The first-order chi connectivity index (χ1) is 9.88. The monoisotopic (exact) mass is 355 g/mol. The van der Waals surface area contributed by atoms with Crippen molar-refractivity contribution in [2.75, 3.05) is 0 Å². The van der Waals surface area contributed by atoms with Crippen LogP contribution in [0.15, 0.2) is 16.6 Å². The molecule has 2 atom stereocenters. The van der Waals surface area contributed by atoms with Crippen molar-refractivity contribution in [3.05, 3.63) is 27.7 Å². The van der Waals surface area contributed by atoms with Crippen LogP contribution in [-0.4, -0.2) is 24.3 Å². The molecule has 1 aromatic carbocycles. The summed E-state index contributed by atoms with van der Waals surface area (Å²) in [6.07, 6.45) is 2.02. The van der Waals surface area contributed by atoms with E-state index >= 15 is 0 Å². The van der Waals surface area contributed by atoms with Gasteiger partial charge in [0.25, 0.3) is 5.91 Å². The van der Waals surface area contributed by atoms with E-state index < -0.39 is 6.10 Å². The molecule has 21 heavy (non-hydrogen) atoms. The first-order valence-corrected chi connectivity index (χ1v) is 7.90. The van der Waals surface area contributed by atoms with Gasteiger partial charge in [-0.25, -0.2) is 0 Å². The van der Waals surface area contributed by atoms with Crippen molar-refractivity contribution in [3.8, 4) is 5.75 Å². The highest BCUT2D eigenvalue weighted by Crippen LogP contribution is 2.27. The van der Waals surface area contributed by atoms with Gasteiger partial charge in [-0.3, -0.25) is 9.59 Å². The molecule has 0 bridgehead atoms. The highest BCUT2D eigenvalue weighted by atomic mass is 79.9. The number of hydrogen-bond donors (Lipinski definition) is 1. The minimum atomic E-state index is -0.650. The van der Waals surface area contributed by atoms with Crippen molar-refractivity contribution in [2.24, 2.45) is 0 Å². The minimum absolute atomic E-state index is 0.116. The Kier molecular flexibility index (Phi) is 6.89. The van der Waals surface area contributed by atoms with Gasteiger partial charge in [-0.2, -0.15) is 0 Å². The lowest BCUT2D eigenvalue weighted by Crippen LogP contribution is -2.41. The van der Waals surface area contributed by atoms with Crippen molar-refractivity contribution in [2.45, 2.75) is 52.7 Å². The number of rotatable bonds is 7. The molecule has 0 saturated carbocycles. The molecule has 1 amide bonds. The van der Waals surface area contributed by atoms with E-state index in [9.17, 15) is 9.59 Å². The van der Waals surface area contributed by atoms with E-state index in [1.165, 1.54) is 0 Å². The second kappa shape index (κ2) is 8.17. The van der Waals surface area contributed by atoms with Crippen LogP contribution in [0.3, 0.4) is 0 Å². The van der Waals surface area contributed by atoms with Crippen LogP contribution in [-0.2, 0) is 4.79 Å². The van der Waals surface area contributed by atoms with E-state index in [1.807, 2.05) is 19.9 Å². The number of aldehydes is 1. The highest BCUT2D eigenvalue weighted by molar-refractivity contribution is 9.10. The molecule has 0 saturated heterocycles. The third kappa shape index (κ3) is 5.16. The Balaban J connectivity index is 2.81. The Morgan fingerprint density at radius 2 is 2.10 bits per heavy atom. The summed E-state index contributed by atoms with van der Waals surface area (Å²) in [5, 5.41) is 2.91. The number of ether oxygens (including phenoxy) is 1. The molecule has 5 heteroatoms. The summed E-state index contributed by atoms with van der Waals surface area (Å²) >= 11 is 3.34. The standard InChI is InChI=1S/C16H22BrNO3/c1-5-6-11(3)18-16(20)12(4)21-15-10(2)7-14(17)8-13(15)9-19/h7-9,11-12H,5-6H2,1-4H3,(H,18,20). The Morgan fingerprint density at radius 3 is 2.67 bits per heavy atom. The zero-order valence-corrected chi connectivity index (χ0v) is 14.5. The van der Waals surface area contributed by atoms with Gasteiger partial charge in [-0.1, -0.05) is 29.3 Å². The number of hydrogen-bond acceptors (Lipinski definition) is 3. The quantitative estimate of drug-likeness (QED) is 0.759. The summed E-state index contributed by atoms with van der Waals surface area (Å²) in [6.45, 7) is 7.57. The fraction of sp³-hybridized carbons (Fsp3) is 0.500. The van der Waals surface area contributed by atoms with Crippen LogP contribution in [0.5, 0.6) is 5.75 Å². The Morgan fingerprint density at radius 1 is 1.43 bits per heavy atom. The smallest absolute Gasteiger partial charge is 0.260 e. The number of carbonyl (C=O) groups excluding carboxylic acids is 2. The third-order valence-corrected chi connectivity index (χ3v) is 3.63. The largest absolute Gasteiger partial charge is 0.480 e. The van der Waals surface area contributed by atoms with Gasteiger partial charge in [0.2, 0.25) is 0 Å². The minimum Gasteiger partial charge on any atom is -0.480 e. The lowest BCUT2D eigenvalue weighted by atomic mass is 10.1. The summed E-state index contributed by atoms with van der Waals surface area (Å²) in [5.74, 6) is 0.286. The van der Waals surface area contributed by atoms with Crippen molar-refractivity contribution in [1.82, 2.24) is 5.32 Å². The molecular formula is C16H22BrNO3. The molecule has 0 heterocycles. The van der Waals surface area contributed by atoms with Gasteiger partial charge in [-0.05, 0) is 44.9 Å². The molecule has 0 aliphatic heterocycles. The fourth-order valence-electron chi connectivity index (χ4n) is 2.10. The lowest BCUT2D eigenvalue weighted by molar-refractivity contribution is -0.127. The number of halogens is 1. The van der Waals surface area contributed by atoms with Gasteiger partial charge in [0.05, 0.1) is 5.56 Å². The third-order valence-electron chi connectivity index (χ3n) is 3.17. The van der Waals surface area contributed by atoms with E-state index in [1.54, 1.807) is 13.0 Å². The molecule has 0 aliphatic rings. The molecule has 1 rings (SSSR count). The van der Waals surface area contributed by atoms with Crippen molar-refractivity contribution in [1.29, 1.82) is 0 Å². The maximum absolute atomic E-state index is 12.1. The molecule has 0 aromatic heterocycles. The van der Waals surface area contributed by atoms with Crippen LogP contribution < -0.4 is 10.1 Å². The molecule has 1 aromatic rings. The van der Waals surface area contributed by atoms with Crippen LogP contribution in [0.1, 0.15) is 49.5 Å². The van der Waals surface area contributed by atoms with Gasteiger partial charge in [0.1, 0.15) is 5.75 Å². The van der Waals surface area contributed by atoms with Crippen molar-refractivity contribution in [3.63, 3.8) is 0 Å². The van der Waals surface area contributed by atoms with E-state index in [2.05, 4.69) is 28.2 Å². The fourth-order valence-corrected chi connectivity index (χ4v) is 2.69. The summed E-state index contributed by atoms with van der Waals surface area (Å²) in [5.41, 5.74) is 1.25. The highest BCUT2D eigenvalue weighted by Gasteiger charge is 2.19. The average molecular weight is 356 g/mol. The Hall–Kier alpha value is -1.36. The number of carbonyl (C=O) groups is 2. The Labute approximate surface area is 134 Å². The SMILES string of the molecule is CCCC(C)NC(=O)C(C)Oc1c(C)cc(Br)cc1C=O. The molecule has 116 valence electrons. The van der Waals surface area contributed by atoms with Crippen molar-refractivity contribution < 1.29 is 14.3 Å². The molecule has 0 spiro atoms. The molecule has 0 fully saturated rings. The second-order valence-corrected chi connectivity index (χ2v) is 6.13. The van der Waals surface area contributed by atoms with Gasteiger partial charge < -0.3 is 10.1 Å². The van der Waals surface area contributed by atoms with Crippen LogP contribution in [0.2, 0.25) is 0 Å². The van der Waals surface area contributed by atoms with Crippen LogP contribution in [0.25, 0.3) is 0 Å². The van der Waals surface area contributed by atoms with Crippen LogP contribution in [0, 0.1) is 6.92 Å². The molecule has 2 unspecified atom stereocenters. The molecule has 4 nitrogen and oxygen atoms in total. The van der Waals surface area contributed by atoms with Gasteiger partial charge in [-0.15, -0.1) is 0 Å². The van der Waals surface area contributed by atoms with Crippen LogP contribution in [0.4, 0.5) is 0 Å². The van der Waals surface area contributed by atoms with Crippen LogP contribution >= 0.6 is 15.9 Å². The second-order valence-electron chi connectivity index (χ2n) is 5.22. The summed E-state index contributed by atoms with van der Waals surface area (Å²) in [4.78, 5) is 23.2. The summed E-state index contributed by atoms with van der Waals surface area (Å²) in [6, 6.07) is 3.65. The molecule has 0 radical (unpaired) electrons. The topological polar surface area (TPSA) is 55.4 Å². The predicted molar refractivity (Wildman–Crippen MR) is 86.9 cm³/mol. The molecular weight excluding hydrogens is 334 g/mol. The van der Waals surface area contributed by atoms with Crippen molar-refractivity contribution >= 4 is 28.1 Å². The normalized spacial score (nSPS) is 13.4. The van der Waals surface area contributed by atoms with Gasteiger partial charge >= 0.3 is 0 Å². The average Bonchev–Trinajstić information content (AvgIpc) is 2.41. The zero-order valence-electron chi connectivity index (χ0n) is 12.9. The Bertz CT molecular complexity index is 516. The van der Waals surface area contributed by atoms with E-state index in [0.29, 0.717) is 11.3 Å². The van der Waals surface area contributed by atoms with E-state index in [0.717, 1.165) is 29.2 Å². The predicted octanol–water partition coefficient (Wildman–Crippen LogP) is 3.64. The summed E-state index contributed by atoms with van der Waals surface area (Å²) in [7, 11) is 0. The maximum atomic E-state index is 12.1. The first kappa shape index (κ1) is 17.7. The van der Waals surface area contributed by atoms with Gasteiger partial charge in [0, 0.05) is 10.5 Å². The summed E-state index contributed by atoms with van der Waals surface area (Å²) < 4.78 is 6.51. The maximum Gasteiger partial charge on any atom is 0.260 e. The lowest BCUT2D eigenvalue weighted by Gasteiger charge is -2.20. The van der Waals surface area contributed by atoms with E-state index in [-0.39, 0.29) is 11.9 Å². The van der Waals surface area contributed by atoms with E-state index in [4.69, 9.17) is 4.74 Å².